The monoisotopic (exact) mass is 601 g/mol. The van der Waals surface area contributed by atoms with Crippen LogP contribution in [0.15, 0.2) is 40.9 Å². The van der Waals surface area contributed by atoms with Gasteiger partial charge in [0.25, 0.3) is 5.91 Å². The summed E-state index contributed by atoms with van der Waals surface area (Å²) in [4.78, 5) is 18.7. The number of nitrogens with one attached hydrogen (secondary N) is 1. The minimum atomic E-state index is -4.74. The number of alkyl halides is 3. The highest BCUT2D eigenvalue weighted by Gasteiger charge is 2.37. The second-order valence-corrected chi connectivity index (χ2v) is 12.3. The molecule has 1 atom stereocenters. The van der Waals surface area contributed by atoms with Gasteiger partial charge in [-0.25, -0.2) is 9.50 Å². The number of hydrogen-bond acceptors (Lipinski definition) is 5. The molecule has 1 aliphatic rings. The Morgan fingerprint density at radius 1 is 1.24 bits per heavy atom. The van der Waals surface area contributed by atoms with E-state index < -0.39 is 17.8 Å². The zero-order valence-electron chi connectivity index (χ0n) is 20.8. The molecule has 0 saturated heterocycles. The van der Waals surface area contributed by atoms with E-state index in [1.54, 1.807) is 30.3 Å². The molecule has 4 aromatic rings. The molecule has 11 heteroatoms. The second-order valence-electron chi connectivity index (χ2n) is 10.4. The van der Waals surface area contributed by atoms with Crippen molar-refractivity contribution < 1.29 is 18.0 Å². The normalized spacial score (nSPS) is 15.8. The third-order valence-electron chi connectivity index (χ3n) is 6.94. The first-order valence-electron chi connectivity index (χ1n) is 12.0. The number of carbonyl (C=O) groups is 1. The minimum Gasteiger partial charge on any atom is -0.311 e. The van der Waals surface area contributed by atoms with Crippen LogP contribution < -0.4 is 5.32 Å². The fourth-order valence-electron chi connectivity index (χ4n) is 4.79. The van der Waals surface area contributed by atoms with Gasteiger partial charge in [-0.1, -0.05) is 51.1 Å². The lowest BCUT2D eigenvalue weighted by Gasteiger charge is -2.33. The summed E-state index contributed by atoms with van der Waals surface area (Å²) < 4.78 is 42.7. The predicted molar refractivity (Wildman–Crippen MR) is 143 cm³/mol. The Morgan fingerprint density at radius 2 is 1.95 bits per heavy atom. The highest BCUT2D eigenvalue weighted by molar-refractivity contribution is 9.10. The number of anilines is 1. The van der Waals surface area contributed by atoms with E-state index >= 15 is 0 Å². The average molecular weight is 602 g/mol. The quantitative estimate of drug-likeness (QED) is 0.263. The van der Waals surface area contributed by atoms with Gasteiger partial charge in [-0.2, -0.15) is 23.5 Å². The van der Waals surface area contributed by atoms with Crippen molar-refractivity contribution in [1.82, 2.24) is 14.6 Å². The van der Waals surface area contributed by atoms with Crippen LogP contribution >= 0.6 is 27.3 Å². The summed E-state index contributed by atoms with van der Waals surface area (Å²) in [5.41, 5.74) is 0.612. The van der Waals surface area contributed by atoms with Crippen LogP contribution in [-0.2, 0) is 19.0 Å². The van der Waals surface area contributed by atoms with Gasteiger partial charge < -0.3 is 5.32 Å². The van der Waals surface area contributed by atoms with Gasteiger partial charge in [-0.3, -0.25) is 4.79 Å². The lowest BCUT2D eigenvalue weighted by Crippen LogP contribution is -2.26. The number of aromatic nitrogens is 3. The van der Waals surface area contributed by atoms with E-state index in [1.807, 2.05) is 0 Å². The molecule has 0 saturated carbocycles. The molecule has 0 unspecified atom stereocenters. The molecular formula is C27H23BrF3N5OS. The summed E-state index contributed by atoms with van der Waals surface area (Å²) in [7, 11) is 0. The summed E-state index contributed by atoms with van der Waals surface area (Å²) in [5.74, 6) is -0.277. The smallest absolute Gasteiger partial charge is 0.311 e. The van der Waals surface area contributed by atoms with E-state index in [-0.39, 0.29) is 26.9 Å². The van der Waals surface area contributed by atoms with Gasteiger partial charge in [0.05, 0.1) is 15.7 Å². The number of thiophene rings is 1. The molecule has 0 radical (unpaired) electrons. The number of fused-ring (bicyclic) bond motifs is 2. The Labute approximate surface area is 229 Å². The van der Waals surface area contributed by atoms with Crippen molar-refractivity contribution in [3.8, 4) is 17.3 Å². The minimum absolute atomic E-state index is 0.0332. The molecule has 0 aliphatic heterocycles. The average Bonchev–Trinajstić information content (AvgIpc) is 3.39. The van der Waals surface area contributed by atoms with Crippen molar-refractivity contribution in [3.63, 3.8) is 0 Å². The molecule has 1 aliphatic carbocycles. The van der Waals surface area contributed by atoms with Crippen LogP contribution in [0.4, 0.5) is 18.2 Å². The number of nitrogens with zero attached hydrogens (tertiary/aromatic N) is 4. The van der Waals surface area contributed by atoms with Crippen molar-refractivity contribution in [3.05, 3.63) is 68.3 Å². The number of carbonyl (C=O) groups excluding carboxylic acids is 1. The number of halogens is 4. The van der Waals surface area contributed by atoms with Gasteiger partial charge in [0.15, 0.2) is 17.0 Å². The maximum atomic E-state index is 14.0. The van der Waals surface area contributed by atoms with E-state index in [0.717, 1.165) is 35.8 Å². The maximum absolute atomic E-state index is 14.0. The largest absolute Gasteiger partial charge is 0.433 e. The Morgan fingerprint density at radius 3 is 2.58 bits per heavy atom. The van der Waals surface area contributed by atoms with Crippen LogP contribution in [0, 0.1) is 22.7 Å². The molecule has 1 aromatic carbocycles. The molecule has 0 bridgehead atoms. The van der Waals surface area contributed by atoms with Crippen LogP contribution in [0.25, 0.3) is 16.9 Å². The number of rotatable bonds is 3. The van der Waals surface area contributed by atoms with Crippen molar-refractivity contribution in [1.29, 1.82) is 5.26 Å². The highest BCUT2D eigenvalue weighted by atomic mass is 79.9. The number of amides is 1. The van der Waals surface area contributed by atoms with Gasteiger partial charge in [-0.15, -0.1) is 11.3 Å². The molecular weight excluding hydrogens is 579 g/mol. The summed E-state index contributed by atoms with van der Waals surface area (Å²) >= 11 is 4.61. The zero-order valence-corrected chi connectivity index (χ0v) is 23.2. The fourth-order valence-corrected chi connectivity index (χ4v) is 6.58. The Kier molecular flexibility index (Phi) is 6.60. The van der Waals surface area contributed by atoms with Gasteiger partial charge in [-0.05, 0) is 58.2 Å². The van der Waals surface area contributed by atoms with Crippen LogP contribution in [0.2, 0.25) is 0 Å². The Balaban J connectivity index is 1.54. The highest BCUT2D eigenvalue weighted by Crippen LogP contribution is 2.44. The van der Waals surface area contributed by atoms with E-state index in [0.29, 0.717) is 26.6 Å². The molecule has 0 spiro atoms. The summed E-state index contributed by atoms with van der Waals surface area (Å²) in [6, 6.07) is 11.6. The van der Waals surface area contributed by atoms with E-state index in [4.69, 9.17) is 0 Å². The maximum Gasteiger partial charge on any atom is 0.433 e. The van der Waals surface area contributed by atoms with Gasteiger partial charge >= 0.3 is 6.18 Å². The molecule has 196 valence electrons. The molecule has 6 nitrogen and oxygen atoms in total. The zero-order chi connectivity index (χ0) is 27.4. The van der Waals surface area contributed by atoms with Gasteiger partial charge in [0, 0.05) is 10.4 Å². The van der Waals surface area contributed by atoms with E-state index in [2.05, 4.69) is 58.2 Å². The lowest BCUT2D eigenvalue weighted by atomic mass is 9.72. The summed E-state index contributed by atoms with van der Waals surface area (Å²) in [6.07, 6.45) is -2.24. The number of nitriles is 1. The summed E-state index contributed by atoms with van der Waals surface area (Å²) in [6.45, 7) is 6.58. The van der Waals surface area contributed by atoms with Crippen LogP contribution in [0.3, 0.4) is 0 Å². The summed E-state index contributed by atoms with van der Waals surface area (Å²) in [5, 5.41) is 17.0. The molecule has 3 aromatic heterocycles. The van der Waals surface area contributed by atoms with Crippen molar-refractivity contribution in [2.24, 2.45) is 11.3 Å². The molecule has 1 N–H and O–H groups in total. The molecule has 1 amide bonds. The van der Waals surface area contributed by atoms with Crippen molar-refractivity contribution in [2.75, 3.05) is 5.32 Å². The fraction of sp³-hybridized carbons (Fsp3) is 0.333. The first-order valence-corrected chi connectivity index (χ1v) is 13.6. The van der Waals surface area contributed by atoms with Crippen LogP contribution in [-0.4, -0.2) is 20.5 Å². The van der Waals surface area contributed by atoms with Crippen LogP contribution in [0.1, 0.15) is 59.4 Å². The van der Waals surface area contributed by atoms with Crippen molar-refractivity contribution in [2.45, 2.75) is 46.2 Å². The third-order valence-corrected chi connectivity index (χ3v) is 8.84. The molecule has 38 heavy (non-hydrogen) atoms. The molecule has 0 fully saturated rings. The van der Waals surface area contributed by atoms with Gasteiger partial charge in [0.2, 0.25) is 0 Å². The Bertz CT molecular complexity index is 1600. The van der Waals surface area contributed by atoms with E-state index in [1.165, 1.54) is 11.3 Å². The first kappa shape index (κ1) is 26.4. The Hall–Kier alpha value is -3.23. The second kappa shape index (κ2) is 9.50. The predicted octanol–water partition coefficient (Wildman–Crippen LogP) is 7.51. The van der Waals surface area contributed by atoms with E-state index in [9.17, 15) is 23.2 Å². The molecule has 3 heterocycles. The molecule has 5 rings (SSSR count). The number of hydrogen-bond donors (Lipinski definition) is 1. The topological polar surface area (TPSA) is 83.1 Å². The lowest BCUT2D eigenvalue weighted by molar-refractivity contribution is -0.142. The first-order chi connectivity index (χ1) is 17.9. The van der Waals surface area contributed by atoms with Crippen molar-refractivity contribution >= 4 is 43.8 Å². The third kappa shape index (κ3) is 4.71. The number of benzene rings is 1. The van der Waals surface area contributed by atoms with Gasteiger partial charge in [0.1, 0.15) is 11.1 Å². The van der Waals surface area contributed by atoms with Crippen LogP contribution in [0.5, 0.6) is 0 Å². The SMILES string of the molecule is CC(C)(C)[C@H]1CCc2c(sc(NC(=O)c3nn4c(C(F)(F)F)cc(-c5ccccc5)nc4c3Br)c2C#N)C1. The standard InChI is InChI=1S/C27H23BrF3N5OS/c1-26(2,3)15-9-10-16-17(13-32)25(38-19(16)11-15)34-24(37)22-21(28)23-33-18(14-7-5-4-6-8-14)12-20(27(29,30)31)36(23)35-22/h4-8,12,15H,9-11H2,1-3H3,(H,34,37)/t15-/m0/s1.